The van der Waals surface area contributed by atoms with Gasteiger partial charge in [-0.05, 0) is 30.5 Å². The Bertz CT molecular complexity index is 232. The summed E-state index contributed by atoms with van der Waals surface area (Å²) < 4.78 is 2.16. The number of rotatable bonds is 2. The van der Waals surface area contributed by atoms with Crippen molar-refractivity contribution in [2.75, 3.05) is 13.1 Å². The number of nitrogens with one attached hydrogen (secondary N) is 1. The molecule has 1 fully saturated rings. The second-order valence-electron chi connectivity index (χ2n) is 2.68. The first-order valence-electron chi connectivity index (χ1n) is 4.11. The van der Waals surface area contributed by atoms with Gasteiger partial charge in [0.2, 0.25) is 0 Å². The van der Waals surface area contributed by atoms with Gasteiger partial charge < -0.3 is 0 Å². The Labute approximate surface area is 77.1 Å². The number of hydrogen-bond acceptors (Lipinski definition) is 3. The molecule has 1 saturated heterocycles. The van der Waals surface area contributed by atoms with Gasteiger partial charge in [-0.15, -0.1) is 0 Å². The summed E-state index contributed by atoms with van der Waals surface area (Å²) in [5.41, 5.74) is 3.28. The molecule has 0 amide bonds. The van der Waals surface area contributed by atoms with E-state index in [-0.39, 0.29) is 0 Å². The Hall–Kier alpha value is -0.510. The Kier molecular flexibility index (Phi) is 2.66. The van der Waals surface area contributed by atoms with Crippen LogP contribution in [-0.4, -0.2) is 17.5 Å². The molecule has 0 unspecified atom stereocenters. The molecule has 1 aliphatic rings. The van der Waals surface area contributed by atoms with Crippen molar-refractivity contribution in [1.29, 1.82) is 0 Å². The summed E-state index contributed by atoms with van der Waals surface area (Å²) in [5, 5.41) is 0. The van der Waals surface area contributed by atoms with Gasteiger partial charge in [-0.3, -0.25) is 0 Å². The van der Waals surface area contributed by atoms with Crippen molar-refractivity contribution in [2.45, 2.75) is 11.3 Å². The van der Waals surface area contributed by atoms with Crippen molar-refractivity contribution in [3.63, 3.8) is 0 Å². The quantitative estimate of drug-likeness (QED) is 0.696. The fourth-order valence-electron chi connectivity index (χ4n) is 1.14. The van der Waals surface area contributed by atoms with Crippen LogP contribution in [0.2, 0.25) is 0 Å². The number of hydrogen-bond donors (Lipinski definition) is 1. The zero-order valence-electron chi connectivity index (χ0n) is 6.79. The molecule has 1 aliphatic heterocycles. The first-order valence-corrected chi connectivity index (χ1v) is 4.88. The van der Waals surface area contributed by atoms with Crippen molar-refractivity contribution in [1.82, 2.24) is 9.84 Å². The van der Waals surface area contributed by atoms with Gasteiger partial charge >= 0.3 is 0 Å². The maximum Gasteiger partial charge on any atom is 0.0321 e. The monoisotopic (exact) mass is 179 g/mol. The predicted octanol–water partition coefficient (Wildman–Crippen LogP) is 1.70. The molecule has 0 saturated carbocycles. The minimum absolute atomic E-state index is 1.10. The second-order valence-corrected chi connectivity index (χ2v) is 3.75. The van der Waals surface area contributed by atoms with Crippen LogP contribution in [0.3, 0.4) is 0 Å². The van der Waals surface area contributed by atoms with Crippen LogP contribution < -0.4 is 5.43 Å². The van der Waals surface area contributed by atoms with Gasteiger partial charge in [0.25, 0.3) is 0 Å². The minimum Gasteiger partial charge on any atom is -0.245 e. The average molecular weight is 179 g/mol. The van der Waals surface area contributed by atoms with Crippen molar-refractivity contribution >= 4 is 11.9 Å². The summed E-state index contributed by atoms with van der Waals surface area (Å²) in [6.07, 6.45) is 1.24. The normalized spacial score (nSPS) is 18.3. The van der Waals surface area contributed by atoms with Crippen LogP contribution in [-0.2, 0) is 0 Å². The highest BCUT2D eigenvalue weighted by molar-refractivity contribution is 7.97. The molecular weight excluding hydrogens is 168 g/mol. The van der Waals surface area contributed by atoms with Gasteiger partial charge in [-0.1, -0.05) is 18.2 Å². The number of benzene rings is 1. The first kappa shape index (κ1) is 8.10. The van der Waals surface area contributed by atoms with Gasteiger partial charge in [0.15, 0.2) is 0 Å². The molecule has 1 radical (unpaired) electrons. The molecule has 63 valence electrons. The van der Waals surface area contributed by atoms with Crippen LogP contribution >= 0.6 is 11.9 Å². The number of nitrogens with zero attached hydrogens (tertiary/aromatic N) is 1. The molecule has 0 aromatic heterocycles. The van der Waals surface area contributed by atoms with Crippen LogP contribution in [0.25, 0.3) is 0 Å². The lowest BCUT2D eigenvalue weighted by atomic mass is 10.4. The molecule has 12 heavy (non-hydrogen) atoms. The Morgan fingerprint density at radius 2 is 2.50 bits per heavy atom. The van der Waals surface area contributed by atoms with E-state index in [0.29, 0.717) is 0 Å². The zero-order valence-corrected chi connectivity index (χ0v) is 7.60. The largest absolute Gasteiger partial charge is 0.245 e. The summed E-state index contributed by atoms with van der Waals surface area (Å²) >= 11 is 1.72. The van der Waals surface area contributed by atoms with Crippen LogP contribution in [0.1, 0.15) is 6.42 Å². The maximum atomic E-state index is 3.28. The second kappa shape index (κ2) is 3.94. The third kappa shape index (κ3) is 2.00. The van der Waals surface area contributed by atoms with Crippen molar-refractivity contribution in [3.8, 4) is 0 Å². The van der Waals surface area contributed by atoms with E-state index in [1.54, 1.807) is 11.9 Å². The van der Waals surface area contributed by atoms with Gasteiger partial charge in [-0.25, -0.2) is 5.43 Å². The van der Waals surface area contributed by atoms with E-state index in [0.717, 1.165) is 13.1 Å². The summed E-state index contributed by atoms with van der Waals surface area (Å²) in [4.78, 5) is 1.17. The van der Waals surface area contributed by atoms with Crippen LogP contribution in [0.5, 0.6) is 0 Å². The predicted molar refractivity (Wildman–Crippen MR) is 50.5 cm³/mol. The van der Waals surface area contributed by atoms with Crippen molar-refractivity contribution in [3.05, 3.63) is 30.3 Å². The lowest BCUT2D eigenvalue weighted by molar-refractivity contribution is 0.460. The van der Waals surface area contributed by atoms with E-state index in [4.69, 9.17) is 0 Å². The fourth-order valence-corrected chi connectivity index (χ4v) is 2.01. The van der Waals surface area contributed by atoms with E-state index in [2.05, 4.69) is 22.0 Å². The summed E-state index contributed by atoms with van der Waals surface area (Å²) in [7, 11) is 0. The van der Waals surface area contributed by atoms with E-state index >= 15 is 0 Å². The molecule has 2 rings (SSSR count). The lowest BCUT2D eigenvalue weighted by Gasteiger charge is -2.12. The van der Waals surface area contributed by atoms with E-state index in [1.807, 2.05) is 18.2 Å². The van der Waals surface area contributed by atoms with Crippen LogP contribution in [0.4, 0.5) is 0 Å². The van der Waals surface area contributed by atoms with Crippen molar-refractivity contribution < 1.29 is 0 Å². The summed E-state index contributed by atoms with van der Waals surface area (Å²) in [6, 6.07) is 11.2. The Morgan fingerprint density at radius 1 is 1.50 bits per heavy atom. The molecule has 3 heteroatoms. The van der Waals surface area contributed by atoms with Crippen molar-refractivity contribution in [2.24, 2.45) is 0 Å². The van der Waals surface area contributed by atoms with E-state index in [9.17, 15) is 0 Å². The minimum atomic E-state index is 1.10. The Morgan fingerprint density at radius 3 is 3.17 bits per heavy atom. The molecule has 1 heterocycles. The van der Waals surface area contributed by atoms with Crippen LogP contribution in [0, 0.1) is 6.07 Å². The molecule has 1 aromatic carbocycles. The molecular formula is C9H11N2S. The smallest absolute Gasteiger partial charge is 0.0321 e. The van der Waals surface area contributed by atoms with E-state index in [1.165, 1.54) is 11.3 Å². The van der Waals surface area contributed by atoms with Gasteiger partial charge in [0, 0.05) is 18.0 Å². The molecule has 0 spiro atoms. The molecule has 1 N–H and O–H groups in total. The number of hydrazine groups is 1. The molecule has 1 aromatic rings. The highest BCUT2D eigenvalue weighted by Crippen LogP contribution is 2.21. The van der Waals surface area contributed by atoms with Gasteiger partial charge in [-0.2, -0.15) is 4.41 Å². The van der Waals surface area contributed by atoms with Crippen LogP contribution in [0.15, 0.2) is 29.2 Å². The molecule has 0 atom stereocenters. The maximum absolute atomic E-state index is 3.28. The highest BCUT2D eigenvalue weighted by atomic mass is 32.2. The van der Waals surface area contributed by atoms with Gasteiger partial charge in [0.05, 0.1) is 0 Å². The average Bonchev–Trinajstić information content (AvgIpc) is 2.59. The topological polar surface area (TPSA) is 15.3 Å². The standard InChI is InChI=1S/C9H11N2S/c1-2-5-9(6-3-1)12-11-8-4-7-10-11/h1-3,5,10H,4,7-8H2. The molecule has 0 aliphatic carbocycles. The third-order valence-electron chi connectivity index (χ3n) is 1.72. The SMILES string of the molecule is [c]1ccccc1SN1CCCN1. The lowest BCUT2D eigenvalue weighted by Crippen LogP contribution is -2.23. The summed E-state index contributed by atoms with van der Waals surface area (Å²) in [6.45, 7) is 2.22. The third-order valence-corrected chi connectivity index (χ3v) is 2.70. The Balaban J connectivity index is 1.94. The summed E-state index contributed by atoms with van der Waals surface area (Å²) in [5.74, 6) is 0. The molecule has 2 nitrogen and oxygen atoms in total. The molecule has 0 bridgehead atoms. The zero-order chi connectivity index (χ0) is 8.23. The van der Waals surface area contributed by atoms with Gasteiger partial charge in [0.1, 0.15) is 0 Å². The van der Waals surface area contributed by atoms with E-state index < -0.39 is 0 Å². The first-order chi connectivity index (χ1) is 5.95. The fraction of sp³-hybridized carbons (Fsp3) is 0.333. The highest BCUT2D eigenvalue weighted by Gasteiger charge is 2.11.